The molecular weight excluding hydrogens is 371 g/mol. The summed E-state index contributed by atoms with van der Waals surface area (Å²) in [6.45, 7) is 0.738. The van der Waals surface area contributed by atoms with Crippen molar-refractivity contribution in [2.75, 3.05) is 0 Å². The third kappa shape index (κ3) is 3.31. The number of imidazole rings is 1. The van der Waals surface area contributed by atoms with Crippen LogP contribution in [0.4, 0.5) is 0 Å². The summed E-state index contributed by atoms with van der Waals surface area (Å²) in [6.07, 6.45) is 3.72. The predicted octanol–water partition coefficient (Wildman–Crippen LogP) is 5.67. The van der Waals surface area contributed by atoms with Gasteiger partial charge >= 0.3 is 0 Å². The van der Waals surface area contributed by atoms with Crippen LogP contribution in [0.1, 0.15) is 5.56 Å². The molecule has 2 aromatic carbocycles. The minimum Gasteiger partial charge on any atom is -0.327 e. The highest BCUT2D eigenvalue weighted by Gasteiger charge is 2.10. The molecule has 0 radical (unpaired) electrons. The van der Waals surface area contributed by atoms with Gasteiger partial charge in [-0.05, 0) is 35.9 Å². The normalized spacial score (nSPS) is 10.8. The van der Waals surface area contributed by atoms with Gasteiger partial charge in [-0.15, -0.1) is 0 Å². The van der Waals surface area contributed by atoms with E-state index in [2.05, 4.69) is 37.6 Å². The van der Waals surface area contributed by atoms with Gasteiger partial charge in [0.25, 0.3) is 0 Å². The highest BCUT2D eigenvalue weighted by atomic mass is 79.9. The maximum atomic E-state index is 6.27. The van der Waals surface area contributed by atoms with Crippen LogP contribution in [0.25, 0.3) is 11.4 Å². The number of nitrogens with zero attached hydrogens (tertiary/aromatic N) is 2. The number of rotatable bonds is 3. The van der Waals surface area contributed by atoms with Crippen LogP contribution in [0.2, 0.25) is 10.0 Å². The van der Waals surface area contributed by atoms with Gasteiger partial charge in [-0.2, -0.15) is 0 Å². The average molecular weight is 382 g/mol. The van der Waals surface area contributed by atoms with Crippen molar-refractivity contribution >= 4 is 39.1 Å². The fourth-order valence-corrected chi connectivity index (χ4v) is 2.90. The van der Waals surface area contributed by atoms with E-state index in [1.54, 1.807) is 12.3 Å². The van der Waals surface area contributed by atoms with Crippen molar-refractivity contribution in [3.05, 3.63) is 74.9 Å². The molecule has 3 rings (SSSR count). The monoisotopic (exact) mass is 380 g/mol. The van der Waals surface area contributed by atoms with E-state index in [1.165, 1.54) is 5.56 Å². The number of hydrogen-bond acceptors (Lipinski definition) is 1. The molecule has 5 heteroatoms. The van der Waals surface area contributed by atoms with Crippen LogP contribution < -0.4 is 0 Å². The van der Waals surface area contributed by atoms with Crippen LogP contribution in [0, 0.1) is 0 Å². The first-order chi connectivity index (χ1) is 10.1. The maximum Gasteiger partial charge on any atom is 0.141 e. The second kappa shape index (κ2) is 6.22. The Morgan fingerprint density at radius 1 is 1.05 bits per heavy atom. The molecule has 0 aliphatic rings. The van der Waals surface area contributed by atoms with Crippen molar-refractivity contribution in [2.24, 2.45) is 0 Å². The first-order valence-electron chi connectivity index (χ1n) is 6.34. The third-order valence-corrected chi connectivity index (χ3v) is 4.23. The van der Waals surface area contributed by atoms with Gasteiger partial charge in [-0.1, -0.05) is 51.3 Å². The molecule has 0 fully saturated rings. The van der Waals surface area contributed by atoms with Crippen LogP contribution in [0.3, 0.4) is 0 Å². The van der Waals surface area contributed by atoms with E-state index in [9.17, 15) is 0 Å². The fraction of sp³-hybridized carbons (Fsp3) is 0.0625. The molecule has 0 aliphatic carbocycles. The summed E-state index contributed by atoms with van der Waals surface area (Å²) in [7, 11) is 0. The topological polar surface area (TPSA) is 17.8 Å². The molecule has 0 spiro atoms. The molecule has 0 unspecified atom stereocenters. The molecule has 0 bridgehead atoms. The Labute approximate surface area is 141 Å². The van der Waals surface area contributed by atoms with Crippen LogP contribution >= 0.6 is 39.1 Å². The van der Waals surface area contributed by atoms with E-state index in [4.69, 9.17) is 23.2 Å². The van der Waals surface area contributed by atoms with Crippen LogP contribution in [0.5, 0.6) is 0 Å². The van der Waals surface area contributed by atoms with Crippen molar-refractivity contribution < 1.29 is 0 Å². The highest BCUT2D eigenvalue weighted by molar-refractivity contribution is 9.10. The predicted molar refractivity (Wildman–Crippen MR) is 90.9 cm³/mol. The Balaban J connectivity index is 1.95. The quantitative estimate of drug-likeness (QED) is 0.571. The Morgan fingerprint density at radius 3 is 2.52 bits per heavy atom. The van der Waals surface area contributed by atoms with Gasteiger partial charge in [0.1, 0.15) is 5.82 Å². The molecule has 3 aromatic rings. The first-order valence-corrected chi connectivity index (χ1v) is 7.89. The van der Waals surface area contributed by atoms with Crippen molar-refractivity contribution in [1.82, 2.24) is 9.55 Å². The Kier molecular flexibility index (Phi) is 4.34. The third-order valence-electron chi connectivity index (χ3n) is 3.15. The second-order valence-corrected chi connectivity index (χ2v) is 6.39. The van der Waals surface area contributed by atoms with Gasteiger partial charge in [-0.25, -0.2) is 4.98 Å². The molecular formula is C16H11BrCl2N2. The summed E-state index contributed by atoms with van der Waals surface area (Å²) in [6, 6.07) is 13.7. The maximum absolute atomic E-state index is 6.27. The molecule has 106 valence electrons. The lowest BCUT2D eigenvalue weighted by Gasteiger charge is -2.10. The van der Waals surface area contributed by atoms with Crippen molar-refractivity contribution in [3.63, 3.8) is 0 Å². The van der Waals surface area contributed by atoms with Gasteiger partial charge in [-0.3, -0.25) is 0 Å². The van der Waals surface area contributed by atoms with E-state index >= 15 is 0 Å². The van der Waals surface area contributed by atoms with Gasteiger partial charge in [0.15, 0.2) is 0 Å². The lowest BCUT2D eigenvalue weighted by atomic mass is 10.2. The zero-order valence-corrected chi connectivity index (χ0v) is 14.0. The van der Waals surface area contributed by atoms with E-state index < -0.39 is 0 Å². The van der Waals surface area contributed by atoms with Crippen LogP contribution in [-0.4, -0.2) is 9.55 Å². The minimum atomic E-state index is 0.603. The lowest BCUT2D eigenvalue weighted by Crippen LogP contribution is -2.01. The SMILES string of the molecule is Clc1ccc(-c2nccn2Cc2ccc(Br)cc2)c(Cl)c1. The lowest BCUT2D eigenvalue weighted by molar-refractivity contribution is 0.807. The van der Waals surface area contributed by atoms with E-state index in [1.807, 2.05) is 30.5 Å². The summed E-state index contributed by atoms with van der Waals surface area (Å²) >= 11 is 15.7. The van der Waals surface area contributed by atoms with E-state index in [0.29, 0.717) is 10.0 Å². The zero-order chi connectivity index (χ0) is 14.8. The van der Waals surface area contributed by atoms with E-state index in [-0.39, 0.29) is 0 Å². The standard InChI is InChI=1S/C16H11BrCl2N2/c17-12-3-1-11(2-4-12)10-21-8-7-20-16(21)14-6-5-13(18)9-15(14)19/h1-9H,10H2. The summed E-state index contributed by atoms with van der Waals surface area (Å²) < 4.78 is 3.14. The summed E-state index contributed by atoms with van der Waals surface area (Å²) in [5.41, 5.74) is 2.07. The van der Waals surface area contributed by atoms with Crippen molar-refractivity contribution in [2.45, 2.75) is 6.54 Å². The molecule has 0 aliphatic heterocycles. The van der Waals surface area contributed by atoms with Gasteiger partial charge < -0.3 is 4.57 Å². The largest absolute Gasteiger partial charge is 0.327 e. The number of benzene rings is 2. The fourth-order valence-electron chi connectivity index (χ4n) is 2.14. The molecule has 1 heterocycles. The van der Waals surface area contributed by atoms with Gasteiger partial charge in [0.05, 0.1) is 5.02 Å². The molecule has 0 saturated heterocycles. The smallest absolute Gasteiger partial charge is 0.141 e. The molecule has 0 saturated carbocycles. The minimum absolute atomic E-state index is 0.603. The molecule has 0 atom stereocenters. The molecule has 1 aromatic heterocycles. The first kappa shape index (κ1) is 14.6. The molecule has 0 N–H and O–H groups in total. The van der Waals surface area contributed by atoms with Crippen molar-refractivity contribution in [3.8, 4) is 11.4 Å². The zero-order valence-electron chi connectivity index (χ0n) is 10.9. The van der Waals surface area contributed by atoms with Gasteiger partial charge in [0, 0.05) is 34.0 Å². The number of aromatic nitrogens is 2. The van der Waals surface area contributed by atoms with E-state index in [0.717, 1.165) is 22.4 Å². The number of halogens is 3. The number of hydrogen-bond donors (Lipinski definition) is 0. The molecule has 2 nitrogen and oxygen atoms in total. The summed E-state index contributed by atoms with van der Waals surface area (Å²) in [5.74, 6) is 0.833. The summed E-state index contributed by atoms with van der Waals surface area (Å²) in [4.78, 5) is 4.42. The Hall–Kier alpha value is -1.29. The average Bonchev–Trinajstić information content (AvgIpc) is 2.89. The van der Waals surface area contributed by atoms with Crippen molar-refractivity contribution in [1.29, 1.82) is 0 Å². The van der Waals surface area contributed by atoms with Crippen LogP contribution in [-0.2, 0) is 6.54 Å². The second-order valence-electron chi connectivity index (χ2n) is 4.63. The molecule has 21 heavy (non-hydrogen) atoms. The molecule has 0 amide bonds. The van der Waals surface area contributed by atoms with Crippen LogP contribution in [0.15, 0.2) is 59.3 Å². The van der Waals surface area contributed by atoms with Gasteiger partial charge in [0.2, 0.25) is 0 Å². The Morgan fingerprint density at radius 2 is 1.81 bits per heavy atom. The summed E-state index contributed by atoms with van der Waals surface area (Å²) in [5, 5.41) is 1.22. The highest BCUT2D eigenvalue weighted by Crippen LogP contribution is 2.29. The Bertz CT molecular complexity index is 766.